The standard InChI is InChI=1S/C33H43N5O2/c1-5-6-19-34-33(40)36-30-24(2)22-28(37(3)4)23-29(30)32(39)35-27-17-20-38(21-18-27)31(25-13-9-7-10-14-25)26-15-11-8-12-16-26/h7-16,22-23,27,31H,5-6,17-21H2,1-4H3,(H,35,39)(H2,34,36,40). The topological polar surface area (TPSA) is 76.7 Å². The fourth-order valence-corrected chi connectivity index (χ4v) is 5.36. The molecule has 1 aliphatic rings. The number of nitrogens with zero attached hydrogens (tertiary/aromatic N) is 2. The summed E-state index contributed by atoms with van der Waals surface area (Å²) in [5.41, 5.74) is 5.37. The van der Waals surface area contributed by atoms with E-state index in [0.717, 1.165) is 50.0 Å². The van der Waals surface area contributed by atoms with E-state index in [0.29, 0.717) is 17.8 Å². The van der Waals surface area contributed by atoms with Gasteiger partial charge in [0.25, 0.3) is 5.91 Å². The van der Waals surface area contributed by atoms with Gasteiger partial charge in [0.2, 0.25) is 0 Å². The Hall–Kier alpha value is -3.84. The molecule has 0 saturated carbocycles. The molecule has 0 aromatic heterocycles. The Labute approximate surface area is 239 Å². The number of likely N-dealkylation sites (tertiary alicyclic amines) is 1. The quantitative estimate of drug-likeness (QED) is 0.277. The van der Waals surface area contributed by atoms with Crippen LogP contribution in [-0.2, 0) is 0 Å². The van der Waals surface area contributed by atoms with Crippen molar-refractivity contribution in [2.24, 2.45) is 0 Å². The lowest BCUT2D eigenvalue weighted by molar-refractivity contribution is 0.0901. The Bertz CT molecular complexity index is 1220. The number of urea groups is 1. The second kappa shape index (κ2) is 14.0. The van der Waals surface area contributed by atoms with Gasteiger partial charge in [-0.25, -0.2) is 4.79 Å². The van der Waals surface area contributed by atoms with E-state index in [1.807, 2.05) is 38.1 Å². The fourth-order valence-electron chi connectivity index (χ4n) is 5.36. The lowest BCUT2D eigenvalue weighted by atomic mass is 9.94. The molecule has 0 unspecified atom stereocenters. The third kappa shape index (κ3) is 7.42. The minimum atomic E-state index is -0.288. The number of benzene rings is 3. The summed E-state index contributed by atoms with van der Waals surface area (Å²) in [7, 11) is 3.90. The first-order valence-corrected chi connectivity index (χ1v) is 14.4. The van der Waals surface area contributed by atoms with E-state index >= 15 is 0 Å². The van der Waals surface area contributed by atoms with Crippen molar-refractivity contribution in [3.05, 3.63) is 95.1 Å². The molecular weight excluding hydrogens is 498 g/mol. The average Bonchev–Trinajstić information content (AvgIpc) is 2.96. The van der Waals surface area contributed by atoms with E-state index in [1.165, 1.54) is 11.1 Å². The number of aryl methyl sites for hydroxylation is 1. The molecule has 1 aliphatic heterocycles. The molecule has 0 bridgehead atoms. The maximum absolute atomic E-state index is 13.6. The number of nitrogens with one attached hydrogen (secondary N) is 3. The smallest absolute Gasteiger partial charge is 0.319 e. The maximum atomic E-state index is 13.6. The second-order valence-electron chi connectivity index (χ2n) is 10.8. The zero-order chi connectivity index (χ0) is 28.5. The molecule has 1 heterocycles. The van der Waals surface area contributed by atoms with Crippen LogP contribution in [0.5, 0.6) is 0 Å². The van der Waals surface area contributed by atoms with Crippen LogP contribution in [0.1, 0.15) is 65.7 Å². The number of unbranched alkanes of at least 4 members (excludes halogenated alkanes) is 1. The zero-order valence-electron chi connectivity index (χ0n) is 24.2. The van der Waals surface area contributed by atoms with Gasteiger partial charge in [-0.15, -0.1) is 0 Å². The van der Waals surface area contributed by atoms with Gasteiger partial charge in [0.1, 0.15) is 0 Å². The zero-order valence-corrected chi connectivity index (χ0v) is 24.2. The van der Waals surface area contributed by atoms with Crippen LogP contribution in [0, 0.1) is 6.92 Å². The van der Waals surface area contributed by atoms with Crippen LogP contribution < -0.4 is 20.9 Å². The summed E-state index contributed by atoms with van der Waals surface area (Å²) in [6, 6.07) is 25.1. The molecule has 212 valence electrons. The van der Waals surface area contributed by atoms with E-state index in [-0.39, 0.29) is 24.0 Å². The minimum Gasteiger partial charge on any atom is -0.378 e. The molecule has 7 nitrogen and oxygen atoms in total. The Morgan fingerprint density at radius 2 is 1.55 bits per heavy atom. The summed E-state index contributed by atoms with van der Waals surface area (Å²) < 4.78 is 0. The van der Waals surface area contributed by atoms with Gasteiger partial charge in [-0.05, 0) is 55.0 Å². The average molecular weight is 542 g/mol. The lowest BCUT2D eigenvalue weighted by Gasteiger charge is -2.38. The van der Waals surface area contributed by atoms with Crippen molar-refractivity contribution < 1.29 is 9.59 Å². The summed E-state index contributed by atoms with van der Waals surface area (Å²) in [5, 5.41) is 9.11. The van der Waals surface area contributed by atoms with E-state index < -0.39 is 0 Å². The van der Waals surface area contributed by atoms with Gasteiger partial charge in [0.05, 0.1) is 17.3 Å². The molecule has 1 fully saturated rings. The molecule has 1 saturated heterocycles. The third-order valence-electron chi connectivity index (χ3n) is 7.60. The van der Waals surface area contributed by atoms with Gasteiger partial charge in [0, 0.05) is 45.5 Å². The minimum absolute atomic E-state index is 0.0606. The van der Waals surface area contributed by atoms with Crippen molar-refractivity contribution in [2.45, 2.75) is 51.6 Å². The van der Waals surface area contributed by atoms with Crippen LogP contribution in [0.15, 0.2) is 72.8 Å². The van der Waals surface area contributed by atoms with Gasteiger partial charge >= 0.3 is 6.03 Å². The number of anilines is 2. The van der Waals surface area contributed by atoms with Crippen LogP contribution in [-0.4, -0.2) is 56.6 Å². The van der Waals surface area contributed by atoms with Crippen LogP contribution in [0.2, 0.25) is 0 Å². The number of hydrogen-bond acceptors (Lipinski definition) is 4. The number of carbonyl (C=O) groups excluding carboxylic acids is 2. The normalized spacial score (nSPS) is 14.1. The molecule has 3 amide bonds. The van der Waals surface area contributed by atoms with Crippen molar-refractivity contribution in [3.8, 4) is 0 Å². The van der Waals surface area contributed by atoms with Gasteiger partial charge in [0.15, 0.2) is 0 Å². The van der Waals surface area contributed by atoms with Gasteiger partial charge in [-0.2, -0.15) is 0 Å². The largest absolute Gasteiger partial charge is 0.378 e. The Balaban J connectivity index is 1.47. The number of hydrogen-bond donors (Lipinski definition) is 3. The van der Waals surface area contributed by atoms with Crippen LogP contribution in [0.25, 0.3) is 0 Å². The molecule has 3 aromatic carbocycles. The first kappa shape index (κ1) is 29.2. The summed E-state index contributed by atoms with van der Waals surface area (Å²) in [6.45, 7) is 6.36. The SMILES string of the molecule is CCCCNC(=O)Nc1c(C)cc(N(C)C)cc1C(=O)NC1CCN(C(c2ccccc2)c2ccccc2)CC1. The summed E-state index contributed by atoms with van der Waals surface area (Å²) in [6.07, 6.45) is 3.62. The van der Waals surface area contributed by atoms with E-state index in [4.69, 9.17) is 0 Å². The number of carbonyl (C=O) groups is 2. The Kier molecular flexibility index (Phi) is 10.2. The van der Waals surface area contributed by atoms with Gasteiger partial charge in [-0.3, -0.25) is 9.69 Å². The third-order valence-corrected chi connectivity index (χ3v) is 7.60. The molecule has 40 heavy (non-hydrogen) atoms. The van der Waals surface area contributed by atoms with Gasteiger partial charge < -0.3 is 20.9 Å². The molecule has 3 N–H and O–H groups in total. The van der Waals surface area contributed by atoms with Crippen molar-refractivity contribution in [1.82, 2.24) is 15.5 Å². The summed E-state index contributed by atoms with van der Waals surface area (Å²) in [5.74, 6) is -0.156. The van der Waals surface area contributed by atoms with Gasteiger partial charge in [-0.1, -0.05) is 74.0 Å². The number of piperidine rings is 1. The molecule has 7 heteroatoms. The first-order chi connectivity index (χ1) is 19.4. The maximum Gasteiger partial charge on any atom is 0.319 e. The molecule has 3 aromatic rings. The number of amides is 3. The highest BCUT2D eigenvalue weighted by Crippen LogP contribution is 2.32. The lowest BCUT2D eigenvalue weighted by Crippen LogP contribution is -2.46. The molecule has 0 atom stereocenters. The van der Waals surface area contributed by atoms with Crippen LogP contribution >= 0.6 is 0 Å². The first-order valence-electron chi connectivity index (χ1n) is 14.4. The van der Waals surface area contributed by atoms with E-state index in [1.54, 1.807) is 0 Å². The molecular formula is C33H43N5O2. The highest BCUT2D eigenvalue weighted by atomic mass is 16.2. The molecule has 0 radical (unpaired) electrons. The Morgan fingerprint density at radius 1 is 0.950 bits per heavy atom. The van der Waals surface area contributed by atoms with Crippen molar-refractivity contribution >= 4 is 23.3 Å². The highest BCUT2D eigenvalue weighted by Gasteiger charge is 2.29. The molecule has 0 spiro atoms. The Morgan fingerprint density at radius 3 is 2.10 bits per heavy atom. The molecule has 4 rings (SSSR count). The molecule has 0 aliphatic carbocycles. The highest BCUT2D eigenvalue weighted by molar-refractivity contribution is 6.05. The summed E-state index contributed by atoms with van der Waals surface area (Å²) in [4.78, 5) is 30.7. The fraction of sp³-hybridized carbons (Fsp3) is 0.394. The van der Waals surface area contributed by atoms with E-state index in [9.17, 15) is 9.59 Å². The number of rotatable bonds is 10. The van der Waals surface area contributed by atoms with Crippen molar-refractivity contribution in [1.29, 1.82) is 0 Å². The second-order valence-corrected chi connectivity index (χ2v) is 10.8. The summed E-state index contributed by atoms with van der Waals surface area (Å²) >= 11 is 0. The predicted octanol–water partition coefficient (Wildman–Crippen LogP) is 5.97. The van der Waals surface area contributed by atoms with Crippen LogP contribution in [0.4, 0.5) is 16.2 Å². The van der Waals surface area contributed by atoms with Crippen molar-refractivity contribution in [3.63, 3.8) is 0 Å². The van der Waals surface area contributed by atoms with Crippen molar-refractivity contribution in [2.75, 3.05) is 43.9 Å². The van der Waals surface area contributed by atoms with Crippen LogP contribution in [0.3, 0.4) is 0 Å². The monoisotopic (exact) mass is 541 g/mol. The van der Waals surface area contributed by atoms with E-state index in [2.05, 4.69) is 88.4 Å². The predicted molar refractivity (Wildman–Crippen MR) is 164 cm³/mol.